The maximum absolute atomic E-state index is 13.9. The molecule has 1 aliphatic carbocycles. The van der Waals surface area contributed by atoms with E-state index >= 15 is 0 Å². The monoisotopic (exact) mass is 471 g/mol. The third kappa shape index (κ3) is 4.16. The molecule has 2 aliphatic heterocycles. The van der Waals surface area contributed by atoms with Gasteiger partial charge in [-0.25, -0.2) is 23.5 Å². The molecule has 2 saturated heterocycles. The van der Waals surface area contributed by atoms with Crippen LogP contribution in [0, 0.1) is 0 Å². The third-order valence-corrected chi connectivity index (χ3v) is 5.64. The lowest BCUT2D eigenvalue weighted by atomic mass is 10.1. The average Bonchev–Trinajstić information content (AvgIpc) is 3.36. The van der Waals surface area contributed by atoms with Crippen LogP contribution in [0.15, 0.2) is 11.9 Å². The van der Waals surface area contributed by atoms with Crippen molar-refractivity contribution in [2.24, 2.45) is 0 Å². The highest BCUT2D eigenvalue weighted by Crippen LogP contribution is 2.37. The molecule has 3 N–H and O–H groups in total. The minimum absolute atomic E-state index is 0.0231. The number of nitrogens with one attached hydrogen (secondary N) is 3. The van der Waals surface area contributed by atoms with Crippen molar-refractivity contribution in [1.29, 1.82) is 0 Å². The number of fused-ring (bicyclic) bond motifs is 1. The number of hydrogen-bond donors (Lipinski definition) is 3. The maximum Gasteiger partial charge on any atom is 0.435 e. The Kier molecular flexibility index (Phi) is 4.72. The van der Waals surface area contributed by atoms with Gasteiger partial charge in [-0.15, -0.1) is 0 Å². The first-order valence-electron chi connectivity index (χ1n) is 10.2. The van der Waals surface area contributed by atoms with Crippen LogP contribution in [-0.2, 0) is 11.0 Å². The standard InChI is InChI=1S/C19H18F5N7O2/c20-18(21)3-5-30(6-4-18)12-8-31-11(7-10-16(32)29-17(33)26-10)13(19(22,23)24)28-15(31)14(27-12)25-9-1-2-9/h7-9H,1-6H2,(H,25,27)(H2,26,29,32,33)/b10-7-. The number of hydrogen-bond acceptors (Lipinski definition) is 6. The van der Waals surface area contributed by atoms with Gasteiger partial charge in [-0.2, -0.15) is 13.2 Å². The van der Waals surface area contributed by atoms with Gasteiger partial charge in [0.2, 0.25) is 0 Å². The van der Waals surface area contributed by atoms with Gasteiger partial charge in [0, 0.05) is 32.0 Å². The highest BCUT2D eigenvalue weighted by molar-refractivity contribution is 6.14. The van der Waals surface area contributed by atoms with E-state index in [0.717, 1.165) is 23.3 Å². The molecule has 3 amide bonds. The Morgan fingerprint density at radius 1 is 1.12 bits per heavy atom. The van der Waals surface area contributed by atoms with Crippen LogP contribution in [0.5, 0.6) is 0 Å². The number of imidazole rings is 1. The highest BCUT2D eigenvalue weighted by atomic mass is 19.4. The SMILES string of the molecule is O=C1NC(=O)/C(=C/c2c(C(F)(F)F)nc3c(NC4CC4)nc(N4CCC(F)(F)CC4)cn23)N1. The van der Waals surface area contributed by atoms with Gasteiger partial charge in [0.05, 0.1) is 11.9 Å². The molecule has 2 aromatic heterocycles. The lowest BCUT2D eigenvalue weighted by molar-refractivity contribution is -0.141. The number of nitrogens with zero attached hydrogens (tertiary/aromatic N) is 4. The zero-order chi connectivity index (χ0) is 23.5. The van der Waals surface area contributed by atoms with E-state index in [1.165, 1.54) is 6.20 Å². The van der Waals surface area contributed by atoms with Crippen LogP contribution in [-0.4, -0.2) is 51.4 Å². The predicted octanol–water partition coefficient (Wildman–Crippen LogP) is 2.74. The number of rotatable bonds is 4. The minimum Gasteiger partial charge on any atom is -0.364 e. The van der Waals surface area contributed by atoms with Crippen molar-refractivity contribution in [3.05, 3.63) is 23.3 Å². The van der Waals surface area contributed by atoms with Crippen molar-refractivity contribution < 1.29 is 31.5 Å². The number of alkyl halides is 5. The molecule has 3 aliphatic rings. The minimum atomic E-state index is -4.87. The van der Waals surface area contributed by atoms with E-state index in [-0.39, 0.29) is 42.1 Å². The Morgan fingerprint density at radius 3 is 2.39 bits per heavy atom. The molecule has 1 saturated carbocycles. The van der Waals surface area contributed by atoms with Gasteiger partial charge >= 0.3 is 12.2 Å². The van der Waals surface area contributed by atoms with Gasteiger partial charge in [0.15, 0.2) is 17.2 Å². The van der Waals surface area contributed by atoms with Crippen LogP contribution in [0.4, 0.5) is 38.4 Å². The summed E-state index contributed by atoms with van der Waals surface area (Å²) in [7, 11) is 0. The summed E-state index contributed by atoms with van der Waals surface area (Å²) < 4.78 is 69.9. The van der Waals surface area contributed by atoms with Crippen molar-refractivity contribution in [2.45, 2.75) is 43.8 Å². The number of amides is 3. The summed E-state index contributed by atoms with van der Waals surface area (Å²) in [5, 5.41) is 7.14. The van der Waals surface area contributed by atoms with Crippen molar-refractivity contribution in [2.75, 3.05) is 23.3 Å². The van der Waals surface area contributed by atoms with Crippen LogP contribution in [0.25, 0.3) is 11.7 Å². The van der Waals surface area contributed by atoms with Gasteiger partial charge in [0.1, 0.15) is 11.5 Å². The molecule has 0 atom stereocenters. The molecule has 0 unspecified atom stereocenters. The highest BCUT2D eigenvalue weighted by Gasteiger charge is 2.40. The lowest BCUT2D eigenvalue weighted by Gasteiger charge is -2.32. The van der Waals surface area contributed by atoms with Gasteiger partial charge in [0.25, 0.3) is 11.8 Å². The Balaban J connectivity index is 1.67. The third-order valence-electron chi connectivity index (χ3n) is 5.64. The van der Waals surface area contributed by atoms with Crippen LogP contribution in [0.3, 0.4) is 0 Å². The fourth-order valence-corrected chi connectivity index (χ4v) is 3.75. The molecule has 14 heteroatoms. The Bertz CT molecular complexity index is 1180. The normalized spacial score (nSPS) is 22.1. The topological polar surface area (TPSA) is 104 Å². The number of urea groups is 1. The molecule has 33 heavy (non-hydrogen) atoms. The summed E-state index contributed by atoms with van der Waals surface area (Å²) in [5.41, 5.74) is -2.27. The first kappa shape index (κ1) is 21.4. The second-order valence-corrected chi connectivity index (χ2v) is 8.21. The number of imide groups is 1. The molecule has 0 radical (unpaired) electrons. The molecule has 5 rings (SSSR count). The molecule has 4 heterocycles. The first-order valence-corrected chi connectivity index (χ1v) is 10.2. The van der Waals surface area contributed by atoms with Crippen molar-refractivity contribution in [1.82, 2.24) is 25.0 Å². The first-order chi connectivity index (χ1) is 15.5. The van der Waals surface area contributed by atoms with Crippen LogP contribution >= 0.6 is 0 Å². The summed E-state index contributed by atoms with van der Waals surface area (Å²) in [6, 6.07) is -0.837. The van der Waals surface area contributed by atoms with Gasteiger partial charge in [-0.05, 0) is 18.9 Å². The van der Waals surface area contributed by atoms with Crippen molar-refractivity contribution in [3.8, 4) is 0 Å². The lowest BCUT2D eigenvalue weighted by Crippen LogP contribution is -2.40. The molecule has 0 bridgehead atoms. The molecule has 3 fully saturated rings. The molecule has 0 aromatic carbocycles. The summed E-state index contributed by atoms with van der Waals surface area (Å²) in [6.45, 7) is -0.0474. The molecule has 0 spiro atoms. The molecule has 176 valence electrons. The van der Waals surface area contributed by atoms with Gasteiger partial charge < -0.3 is 15.5 Å². The number of carbonyl (C=O) groups is 2. The van der Waals surface area contributed by atoms with Gasteiger partial charge in [-0.3, -0.25) is 14.5 Å². The second-order valence-electron chi connectivity index (χ2n) is 8.21. The summed E-state index contributed by atoms with van der Waals surface area (Å²) in [5.74, 6) is -3.40. The van der Waals surface area contributed by atoms with Crippen molar-refractivity contribution >= 4 is 35.3 Å². The Morgan fingerprint density at radius 2 is 1.82 bits per heavy atom. The molecular formula is C19H18F5N7O2. The summed E-state index contributed by atoms with van der Waals surface area (Å²) >= 11 is 0. The van der Waals surface area contributed by atoms with Crippen LogP contribution < -0.4 is 20.9 Å². The van der Waals surface area contributed by atoms with E-state index in [1.807, 2.05) is 5.32 Å². The molecule has 2 aromatic rings. The number of anilines is 2. The quantitative estimate of drug-likeness (QED) is 0.360. The van der Waals surface area contributed by atoms with E-state index in [4.69, 9.17) is 0 Å². The second kappa shape index (κ2) is 7.28. The Hall–Kier alpha value is -3.45. The molecule has 9 nitrogen and oxygen atoms in total. The molecular weight excluding hydrogens is 453 g/mol. The predicted molar refractivity (Wildman–Crippen MR) is 106 cm³/mol. The maximum atomic E-state index is 13.9. The van der Waals surface area contributed by atoms with E-state index in [0.29, 0.717) is 0 Å². The van der Waals surface area contributed by atoms with Crippen molar-refractivity contribution in [3.63, 3.8) is 0 Å². The smallest absolute Gasteiger partial charge is 0.364 e. The van der Waals surface area contributed by atoms with E-state index in [9.17, 15) is 31.5 Å². The van der Waals surface area contributed by atoms with E-state index in [1.54, 1.807) is 4.90 Å². The Labute approximate surface area is 183 Å². The number of aromatic nitrogens is 3. The van der Waals surface area contributed by atoms with Crippen LogP contribution in [0.1, 0.15) is 37.1 Å². The van der Waals surface area contributed by atoms with E-state index < -0.39 is 48.3 Å². The number of piperidine rings is 1. The van der Waals surface area contributed by atoms with E-state index in [2.05, 4.69) is 20.6 Å². The van der Waals surface area contributed by atoms with Gasteiger partial charge in [-0.1, -0.05) is 0 Å². The average molecular weight is 471 g/mol. The fraction of sp³-hybridized carbons (Fsp3) is 0.474. The number of carbonyl (C=O) groups excluding carboxylic acids is 2. The summed E-state index contributed by atoms with van der Waals surface area (Å²) in [6.07, 6.45) is -1.90. The largest absolute Gasteiger partial charge is 0.435 e. The zero-order valence-electron chi connectivity index (χ0n) is 17.0. The zero-order valence-corrected chi connectivity index (χ0v) is 17.0. The number of halogens is 5. The fourth-order valence-electron chi connectivity index (χ4n) is 3.75. The van der Waals surface area contributed by atoms with Crippen LogP contribution in [0.2, 0.25) is 0 Å². The summed E-state index contributed by atoms with van der Waals surface area (Å²) in [4.78, 5) is 33.1.